The topological polar surface area (TPSA) is 59.5 Å². The van der Waals surface area contributed by atoms with E-state index in [1.54, 1.807) is 11.0 Å². The maximum absolute atomic E-state index is 12.4. The number of rotatable bonds is 2. The molecule has 0 aromatic carbocycles. The molecule has 1 unspecified atom stereocenters. The van der Waals surface area contributed by atoms with Crippen LogP contribution in [0.5, 0.6) is 5.88 Å². The molecule has 0 aliphatic carbocycles. The van der Waals surface area contributed by atoms with Gasteiger partial charge in [-0.2, -0.15) is 0 Å². The lowest BCUT2D eigenvalue weighted by molar-refractivity contribution is 0.0751. The van der Waals surface area contributed by atoms with E-state index < -0.39 is 10.8 Å². The second kappa shape index (κ2) is 6.10. The monoisotopic (exact) mass is 316 g/mol. The molecule has 110 valence electrons. The Kier molecular flexibility index (Phi) is 4.65. The molecule has 0 N–H and O–H groups in total. The summed E-state index contributed by atoms with van der Waals surface area (Å²) in [6.45, 7) is 4.76. The van der Waals surface area contributed by atoms with Gasteiger partial charge in [0.2, 0.25) is 5.88 Å². The average Bonchev–Trinajstić information content (AvgIpc) is 2.43. The molecule has 2 heterocycles. The zero-order chi connectivity index (χ0) is 14.9. The van der Waals surface area contributed by atoms with Gasteiger partial charge in [-0.25, -0.2) is 4.98 Å². The van der Waals surface area contributed by atoms with Crippen LogP contribution >= 0.6 is 11.6 Å². The summed E-state index contributed by atoms with van der Waals surface area (Å²) in [5.74, 6) is 0.155. The van der Waals surface area contributed by atoms with E-state index in [1.165, 1.54) is 13.3 Å². The fourth-order valence-corrected chi connectivity index (χ4v) is 3.97. The van der Waals surface area contributed by atoms with E-state index in [4.69, 9.17) is 16.3 Å². The fourth-order valence-electron chi connectivity index (χ4n) is 2.28. The second-order valence-corrected chi connectivity index (χ2v) is 7.55. The van der Waals surface area contributed by atoms with Crippen molar-refractivity contribution in [3.8, 4) is 5.88 Å². The summed E-state index contributed by atoms with van der Waals surface area (Å²) in [7, 11) is 0.583. The molecule has 7 heteroatoms. The molecule has 1 fully saturated rings. The first-order chi connectivity index (χ1) is 9.43. The van der Waals surface area contributed by atoms with Gasteiger partial charge in [0.15, 0.2) is 0 Å². The molecule has 1 saturated heterocycles. The Bertz CT molecular complexity index is 538. The number of carbonyl (C=O) groups is 1. The summed E-state index contributed by atoms with van der Waals surface area (Å²) in [4.78, 5) is 18.1. The highest BCUT2D eigenvalue weighted by molar-refractivity contribution is 7.86. The van der Waals surface area contributed by atoms with Gasteiger partial charge in [0.1, 0.15) is 5.02 Å². The molecule has 3 atom stereocenters. The van der Waals surface area contributed by atoms with Crippen LogP contribution in [-0.4, -0.2) is 50.7 Å². The van der Waals surface area contributed by atoms with Gasteiger partial charge in [-0.05, 0) is 19.9 Å². The van der Waals surface area contributed by atoms with Crippen molar-refractivity contribution < 1.29 is 13.7 Å². The largest absolute Gasteiger partial charge is 0.480 e. The van der Waals surface area contributed by atoms with Crippen molar-refractivity contribution in [1.82, 2.24) is 9.88 Å². The van der Waals surface area contributed by atoms with Crippen LogP contribution in [-0.2, 0) is 10.8 Å². The number of nitrogens with zero attached hydrogens (tertiary/aromatic N) is 2. The summed E-state index contributed by atoms with van der Waals surface area (Å²) in [6.07, 6.45) is 1.45. The lowest BCUT2D eigenvalue weighted by atomic mass is 10.2. The van der Waals surface area contributed by atoms with Crippen LogP contribution in [0.2, 0.25) is 5.02 Å². The average molecular weight is 317 g/mol. The smallest absolute Gasteiger partial charge is 0.255 e. The molecular formula is C13H17ClN2O3S. The first-order valence-corrected chi connectivity index (χ1v) is 7.97. The number of halogens is 1. The van der Waals surface area contributed by atoms with E-state index in [2.05, 4.69) is 4.98 Å². The molecule has 1 aromatic rings. The Morgan fingerprint density at radius 1 is 1.45 bits per heavy atom. The molecule has 0 saturated carbocycles. The van der Waals surface area contributed by atoms with E-state index in [1.807, 2.05) is 13.8 Å². The number of pyridine rings is 1. The zero-order valence-corrected chi connectivity index (χ0v) is 13.2. The summed E-state index contributed by atoms with van der Waals surface area (Å²) in [5, 5.41) is 0.258. The Labute approximate surface area is 125 Å². The van der Waals surface area contributed by atoms with Crippen LogP contribution in [0.25, 0.3) is 0 Å². The van der Waals surface area contributed by atoms with Crippen molar-refractivity contribution in [2.24, 2.45) is 0 Å². The summed E-state index contributed by atoms with van der Waals surface area (Å²) < 4.78 is 16.9. The maximum atomic E-state index is 12.4. The van der Waals surface area contributed by atoms with Gasteiger partial charge >= 0.3 is 0 Å². The Morgan fingerprint density at radius 2 is 2.05 bits per heavy atom. The van der Waals surface area contributed by atoms with Crippen molar-refractivity contribution in [2.75, 3.05) is 20.2 Å². The van der Waals surface area contributed by atoms with E-state index in [0.717, 1.165) is 0 Å². The maximum Gasteiger partial charge on any atom is 0.255 e. The van der Waals surface area contributed by atoms with Crippen LogP contribution in [0.3, 0.4) is 0 Å². The van der Waals surface area contributed by atoms with Gasteiger partial charge in [-0.1, -0.05) is 11.6 Å². The minimum atomic E-state index is -0.888. The summed E-state index contributed by atoms with van der Waals surface area (Å²) in [5.41, 5.74) is 0.419. The first kappa shape index (κ1) is 15.3. The minimum Gasteiger partial charge on any atom is -0.480 e. The van der Waals surface area contributed by atoms with Gasteiger partial charge in [-0.15, -0.1) is 0 Å². The number of aromatic nitrogens is 1. The Morgan fingerprint density at radius 3 is 2.55 bits per heavy atom. The molecule has 1 amide bonds. The van der Waals surface area contributed by atoms with E-state index >= 15 is 0 Å². The predicted octanol–water partition coefficient (Wildman–Crippen LogP) is 1.73. The zero-order valence-electron chi connectivity index (χ0n) is 11.6. The number of hydrogen-bond acceptors (Lipinski definition) is 4. The number of amides is 1. The highest BCUT2D eigenvalue weighted by Crippen LogP contribution is 2.23. The van der Waals surface area contributed by atoms with Crippen molar-refractivity contribution in [2.45, 2.75) is 24.3 Å². The molecule has 20 heavy (non-hydrogen) atoms. The SMILES string of the molecule is COc1ncc(C(=O)N2C[C@@H](C)S(=O)[C@@H](C)C2)cc1Cl. The molecule has 0 radical (unpaired) electrons. The highest BCUT2D eigenvalue weighted by atomic mass is 35.5. The molecule has 1 aliphatic heterocycles. The molecule has 2 rings (SSSR count). The van der Waals surface area contributed by atoms with Crippen LogP contribution in [0, 0.1) is 0 Å². The number of ether oxygens (including phenoxy) is 1. The third-order valence-electron chi connectivity index (χ3n) is 3.28. The van der Waals surface area contributed by atoms with Crippen LogP contribution in [0.1, 0.15) is 24.2 Å². The van der Waals surface area contributed by atoms with Gasteiger partial charge in [-0.3, -0.25) is 9.00 Å². The normalized spacial score (nSPS) is 26.4. The molecular weight excluding hydrogens is 300 g/mol. The standard InChI is InChI=1S/C13H17ClN2O3S/c1-8-6-16(7-9(2)20(8)18)13(17)10-4-11(14)12(19-3)15-5-10/h4-5,8-9H,6-7H2,1-3H3/t8-,9+,20?. The molecule has 5 nitrogen and oxygen atoms in total. The number of hydrogen-bond donors (Lipinski definition) is 0. The van der Waals surface area contributed by atoms with Gasteiger partial charge in [0.05, 0.1) is 12.7 Å². The summed E-state index contributed by atoms with van der Waals surface area (Å²) >= 11 is 5.99. The van der Waals surface area contributed by atoms with Gasteiger partial charge < -0.3 is 9.64 Å². The predicted molar refractivity (Wildman–Crippen MR) is 78.8 cm³/mol. The second-order valence-electron chi connectivity index (χ2n) is 4.87. The Hall–Kier alpha value is -1.14. The highest BCUT2D eigenvalue weighted by Gasteiger charge is 2.31. The van der Waals surface area contributed by atoms with Crippen LogP contribution in [0.15, 0.2) is 12.3 Å². The van der Waals surface area contributed by atoms with Crippen molar-refractivity contribution >= 4 is 28.3 Å². The van der Waals surface area contributed by atoms with Gasteiger partial charge in [0, 0.05) is 40.6 Å². The molecule has 0 spiro atoms. The van der Waals surface area contributed by atoms with Crippen molar-refractivity contribution in [3.05, 3.63) is 22.8 Å². The number of methoxy groups -OCH3 is 1. The quantitative estimate of drug-likeness (QED) is 0.833. The van der Waals surface area contributed by atoms with Crippen LogP contribution < -0.4 is 4.74 Å². The Balaban J connectivity index is 2.19. The number of carbonyl (C=O) groups excluding carboxylic acids is 1. The van der Waals surface area contributed by atoms with Crippen molar-refractivity contribution in [1.29, 1.82) is 0 Å². The third kappa shape index (κ3) is 2.96. The lowest BCUT2D eigenvalue weighted by Gasteiger charge is -2.34. The molecule has 1 aromatic heterocycles. The van der Waals surface area contributed by atoms with E-state index in [9.17, 15) is 9.00 Å². The van der Waals surface area contributed by atoms with E-state index in [-0.39, 0.29) is 16.4 Å². The van der Waals surface area contributed by atoms with Crippen LogP contribution in [0.4, 0.5) is 0 Å². The minimum absolute atomic E-state index is 0.0237. The molecule has 1 aliphatic rings. The third-order valence-corrected chi connectivity index (χ3v) is 5.44. The van der Waals surface area contributed by atoms with Crippen molar-refractivity contribution in [3.63, 3.8) is 0 Å². The fraction of sp³-hybridized carbons (Fsp3) is 0.538. The first-order valence-electron chi connectivity index (χ1n) is 6.32. The van der Waals surface area contributed by atoms with Gasteiger partial charge in [0.25, 0.3) is 5.91 Å². The van der Waals surface area contributed by atoms with E-state index in [0.29, 0.717) is 29.6 Å². The lowest BCUT2D eigenvalue weighted by Crippen LogP contribution is -2.49. The molecule has 0 bridgehead atoms. The summed E-state index contributed by atoms with van der Waals surface area (Å²) in [6, 6.07) is 1.55.